The predicted octanol–water partition coefficient (Wildman–Crippen LogP) is 4.81. The summed E-state index contributed by atoms with van der Waals surface area (Å²) < 4.78 is 51.2. The van der Waals surface area contributed by atoms with Crippen molar-refractivity contribution in [2.45, 2.75) is 51.1 Å². The number of methoxy groups -OCH3 is 1. The molecule has 0 bridgehead atoms. The molecule has 1 saturated heterocycles. The monoisotopic (exact) mass is 439 g/mol. The lowest BCUT2D eigenvalue weighted by atomic mass is 9.97. The van der Waals surface area contributed by atoms with E-state index in [9.17, 15) is 18.0 Å². The molecule has 1 saturated carbocycles. The summed E-state index contributed by atoms with van der Waals surface area (Å²) in [6.07, 6.45) is -1.61. The van der Waals surface area contributed by atoms with E-state index in [-0.39, 0.29) is 37.6 Å². The number of alkyl halides is 3. The molecule has 1 aliphatic heterocycles. The zero-order valence-corrected chi connectivity index (χ0v) is 17.7. The third kappa shape index (κ3) is 4.51. The van der Waals surface area contributed by atoms with Crippen molar-refractivity contribution in [3.05, 3.63) is 18.2 Å². The number of imidazole rings is 1. The van der Waals surface area contributed by atoms with Crippen LogP contribution in [-0.2, 0) is 4.74 Å². The molecule has 2 aliphatic rings. The van der Waals surface area contributed by atoms with Crippen LogP contribution >= 0.6 is 0 Å². The number of benzene rings is 1. The molecule has 6 nitrogen and oxygen atoms in total. The van der Waals surface area contributed by atoms with E-state index in [1.807, 2.05) is 18.2 Å². The van der Waals surface area contributed by atoms with Gasteiger partial charge < -0.3 is 14.4 Å². The zero-order chi connectivity index (χ0) is 22.1. The van der Waals surface area contributed by atoms with E-state index < -0.39 is 11.6 Å². The van der Waals surface area contributed by atoms with E-state index in [1.165, 1.54) is 11.7 Å². The minimum atomic E-state index is -4.11. The Hall–Kier alpha value is -2.29. The van der Waals surface area contributed by atoms with E-state index in [0.717, 1.165) is 18.8 Å². The summed E-state index contributed by atoms with van der Waals surface area (Å²) >= 11 is 0. The van der Waals surface area contributed by atoms with Gasteiger partial charge in [-0.3, -0.25) is 4.79 Å². The number of ether oxygens (including phenoxy) is 2. The second-order valence-corrected chi connectivity index (χ2v) is 8.44. The highest BCUT2D eigenvalue weighted by Crippen LogP contribution is 2.60. The quantitative estimate of drug-likeness (QED) is 0.553. The lowest BCUT2D eigenvalue weighted by molar-refractivity contribution is -0.189. The third-order valence-corrected chi connectivity index (χ3v) is 6.42. The van der Waals surface area contributed by atoms with Gasteiger partial charge in [0.2, 0.25) is 5.91 Å². The molecule has 2 fully saturated rings. The molecule has 2 aromatic rings. The Morgan fingerprint density at radius 3 is 2.58 bits per heavy atom. The number of halogens is 3. The summed E-state index contributed by atoms with van der Waals surface area (Å²) in [6.45, 7) is 2.96. The Bertz CT molecular complexity index is 931. The van der Waals surface area contributed by atoms with Crippen LogP contribution in [-0.4, -0.2) is 55.0 Å². The van der Waals surface area contributed by atoms with Crippen LogP contribution in [0.3, 0.4) is 0 Å². The minimum absolute atomic E-state index is 0.157. The van der Waals surface area contributed by atoms with Crippen LogP contribution in [0.25, 0.3) is 11.0 Å². The smallest absolute Gasteiger partial charge is 0.394 e. The molecular formula is C22H28F3N3O3. The first-order chi connectivity index (χ1) is 14.8. The summed E-state index contributed by atoms with van der Waals surface area (Å²) in [7, 11) is 1.47. The summed E-state index contributed by atoms with van der Waals surface area (Å²) in [5.74, 6) is -0.157. The predicted molar refractivity (Wildman–Crippen MR) is 111 cm³/mol. The first kappa shape index (κ1) is 21.9. The maximum Gasteiger partial charge on any atom is 0.394 e. The van der Waals surface area contributed by atoms with Gasteiger partial charge in [0, 0.05) is 25.2 Å². The first-order valence-corrected chi connectivity index (χ1v) is 10.8. The van der Waals surface area contributed by atoms with Crippen molar-refractivity contribution in [2.24, 2.45) is 5.41 Å². The molecule has 170 valence electrons. The molecule has 4 rings (SSSR count). The summed E-state index contributed by atoms with van der Waals surface area (Å²) in [6, 6.07) is 6.01. The van der Waals surface area contributed by atoms with Crippen molar-refractivity contribution < 1.29 is 27.4 Å². The van der Waals surface area contributed by atoms with Gasteiger partial charge >= 0.3 is 12.2 Å². The molecule has 0 radical (unpaired) electrons. The second-order valence-electron chi connectivity index (χ2n) is 8.44. The van der Waals surface area contributed by atoms with Gasteiger partial charge in [0.25, 0.3) is 0 Å². The van der Waals surface area contributed by atoms with Crippen LogP contribution in [0.1, 0.15) is 49.7 Å². The second kappa shape index (κ2) is 8.68. The topological polar surface area (TPSA) is 56.6 Å². The van der Waals surface area contributed by atoms with Gasteiger partial charge in [-0.25, -0.2) is 4.57 Å². The Morgan fingerprint density at radius 1 is 1.19 bits per heavy atom. The van der Waals surface area contributed by atoms with Crippen molar-refractivity contribution in [3.8, 4) is 6.01 Å². The van der Waals surface area contributed by atoms with E-state index in [0.29, 0.717) is 43.5 Å². The number of hydrogen-bond acceptors (Lipinski definition) is 5. The maximum atomic E-state index is 13.0. The average Bonchev–Trinajstić information content (AvgIpc) is 3.47. The maximum absolute atomic E-state index is 13.0. The highest BCUT2D eigenvalue weighted by molar-refractivity contribution is 5.93. The van der Waals surface area contributed by atoms with Gasteiger partial charge in [0.1, 0.15) is 0 Å². The van der Waals surface area contributed by atoms with E-state index in [2.05, 4.69) is 9.88 Å². The van der Waals surface area contributed by atoms with Gasteiger partial charge in [0.05, 0.1) is 36.8 Å². The van der Waals surface area contributed by atoms with Crippen molar-refractivity contribution in [1.29, 1.82) is 0 Å². The van der Waals surface area contributed by atoms with Gasteiger partial charge in [-0.15, -0.1) is 0 Å². The zero-order valence-electron chi connectivity index (χ0n) is 17.7. The SMILES string of the molecule is COc1nc2cc(N3CCOCC3)ccc2n1C(=O)CCCCCC1(C(F)(F)F)CC1. The van der Waals surface area contributed by atoms with E-state index in [1.54, 1.807) is 0 Å². The normalized spacial score (nSPS) is 18.4. The van der Waals surface area contributed by atoms with E-state index in [4.69, 9.17) is 9.47 Å². The fourth-order valence-corrected chi connectivity index (χ4v) is 4.30. The Morgan fingerprint density at radius 2 is 1.94 bits per heavy atom. The molecule has 1 aliphatic carbocycles. The number of rotatable bonds is 8. The van der Waals surface area contributed by atoms with Crippen LogP contribution < -0.4 is 9.64 Å². The van der Waals surface area contributed by atoms with Gasteiger partial charge in [-0.1, -0.05) is 12.8 Å². The summed E-state index contributed by atoms with van der Waals surface area (Å²) in [5, 5.41) is 0. The third-order valence-electron chi connectivity index (χ3n) is 6.42. The highest BCUT2D eigenvalue weighted by atomic mass is 19.4. The number of morpholine rings is 1. The molecule has 31 heavy (non-hydrogen) atoms. The highest BCUT2D eigenvalue weighted by Gasteiger charge is 2.62. The van der Waals surface area contributed by atoms with Crippen molar-refractivity contribution in [3.63, 3.8) is 0 Å². The van der Waals surface area contributed by atoms with Crippen LogP contribution in [0.15, 0.2) is 18.2 Å². The molecule has 0 amide bonds. The lowest BCUT2D eigenvalue weighted by Gasteiger charge is -2.28. The van der Waals surface area contributed by atoms with Crippen molar-refractivity contribution in [1.82, 2.24) is 9.55 Å². The molecule has 2 heterocycles. The molecule has 9 heteroatoms. The number of hydrogen-bond donors (Lipinski definition) is 0. The van der Waals surface area contributed by atoms with Crippen LogP contribution in [0.5, 0.6) is 6.01 Å². The number of nitrogens with zero attached hydrogens (tertiary/aromatic N) is 3. The fourth-order valence-electron chi connectivity index (χ4n) is 4.30. The molecule has 0 atom stereocenters. The molecule has 0 unspecified atom stereocenters. The number of aromatic nitrogens is 2. The van der Waals surface area contributed by atoms with Crippen molar-refractivity contribution in [2.75, 3.05) is 38.3 Å². The molecule has 0 spiro atoms. The average molecular weight is 439 g/mol. The number of fused-ring (bicyclic) bond motifs is 1. The largest absolute Gasteiger partial charge is 0.468 e. The number of anilines is 1. The number of carbonyl (C=O) groups is 1. The Kier molecular flexibility index (Phi) is 6.14. The fraction of sp³-hybridized carbons (Fsp3) is 0.636. The number of unbranched alkanes of at least 4 members (excludes halogenated alkanes) is 2. The van der Waals surface area contributed by atoms with Crippen LogP contribution in [0, 0.1) is 5.41 Å². The van der Waals surface area contributed by atoms with Crippen LogP contribution in [0.4, 0.5) is 18.9 Å². The minimum Gasteiger partial charge on any atom is -0.468 e. The summed E-state index contributed by atoms with van der Waals surface area (Å²) in [5.41, 5.74) is 0.913. The molecular weight excluding hydrogens is 411 g/mol. The lowest BCUT2D eigenvalue weighted by Crippen LogP contribution is -2.36. The Labute approximate surface area is 179 Å². The van der Waals surface area contributed by atoms with Gasteiger partial charge in [-0.05, 0) is 43.9 Å². The molecule has 0 N–H and O–H groups in total. The molecule has 1 aromatic heterocycles. The summed E-state index contributed by atoms with van der Waals surface area (Å²) in [4.78, 5) is 19.5. The van der Waals surface area contributed by atoms with Crippen LogP contribution in [0.2, 0.25) is 0 Å². The standard InChI is InChI=1S/C22H28F3N3O3/c1-30-20-26-17-15-16(27-11-13-31-14-12-27)6-7-18(17)28(20)19(29)5-3-2-4-8-21(9-10-21)22(23,24)25/h6-7,15H,2-5,8-14H2,1H3. The number of carbonyl (C=O) groups excluding carboxylic acids is 1. The van der Waals surface area contributed by atoms with Crippen molar-refractivity contribution >= 4 is 22.6 Å². The first-order valence-electron chi connectivity index (χ1n) is 10.8. The van der Waals surface area contributed by atoms with Gasteiger partial charge in [0.15, 0.2) is 0 Å². The Balaban J connectivity index is 1.38. The van der Waals surface area contributed by atoms with Gasteiger partial charge in [-0.2, -0.15) is 18.2 Å². The van der Waals surface area contributed by atoms with E-state index >= 15 is 0 Å². The molecule has 1 aromatic carbocycles.